The van der Waals surface area contributed by atoms with Crippen molar-refractivity contribution in [3.8, 4) is 0 Å². The highest BCUT2D eigenvalue weighted by Crippen LogP contribution is 2.64. The van der Waals surface area contributed by atoms with Gasteiger partial charge in [-0.05, 0) is 12.8 Å². The molecule has 0 spiro atoms. The number of aliphatic carboxylic acids is 1. The van der Waals surface area contributed by atoms with E-state index in [2.05, 4.69) is 6.58 Å². The summed E-state index contributed by atoms with van der Waals surface area (Å²) in [6.45, 7) is 4.72. The van der Waals surface area contributed by atoms with Crippen molar-refractivity contribution in [3.63, 3.8) is 0 Å². The highest BCUT2D eigenvalue weighted by atomic mass is 32.2. The van der Waals surface area contributed by atoms with Gasteiger partial charge in [0.25, 0.3) is 10.0 Å². The third kappa shape index (κ3) is 6.32. The molecule has 39 heavy (non-hydrogen) atoms. The molecule has 0 aromatic heterocycles. The second-order valence-electron chi connectivity index (χ2n) is 7.12. The largest absolute Gasteiger partial charge is 0.478 e. The third-order valence-electron chi connectivity index (χ3n) is 4.30. The van der Waals surface area contributed by atoms with Gasteiger partial charge in [-0.2, -0.15) is 74.6 Å². The van der Waals surface area contributed by atoms with E-state index in [0.717, 1.165) is 6.92 Å². The van der Waals surface area contributed by atoms with Gasteiger partial charge < -0.3 is 5.11 Å². The summed E-state index contributed by atoms with van der Waals surface area (Å²) in [4.78, 5) is 9.83. The van der Waals surface area contributed by atoms with E-state index in [1.165, 1.54) is 0 Å². The molecule has 0 aromatic rings. The molecule has 5 nitrogen and oxygen atoms in total. The Morgan fingerprint density at radius 1 is 0.667 bits per heavy atom. The van der Waals surface area contributed by atoms with Crippen LogP contribution in [0.2, 0.25) is 0 Å². The van der Waals surface area contributed by atoms with E-state index < -0.39 is 75.9 Å². The molecule has 23 heteroatoms. The predicted octanol–water partition coefficient (Wildman–Crippen LogP) is 6.32. The average molecular weight is 641 g/mol. The maximum Gasteiger partial charge on any atom is 0.460 e. The van der Waals surface area contributed by atoms with E-state index in [0.29, 0.717) is 11.1 Å². The van der Waals surface area contributed by atoms with Crippen LogP contribution in [0.4, 0.5) is 74.6 Å². The number of carboxylic acid groups (broad SMARTS) is 1. The summed E-state index contributed by atoms with van der Waals surface area (Å²) in [5.41, 5.74) is 0.264. The fourth-order valence-electron chi connectivity index (χ4n) is 1.80. The lowest BCUT2D eigenvalue weighted by atomic mass is 9.91. The zero-order valence-electron chi connectivity index (χ0n) is 18.8. The molecule has 0 aromatic carbocycles. The molecule has 0 unspecified atom stereocenters. The Hall–Kier alpha value is -2.07. The molecule has 0 fully saturated rings. The number of hydrogen-bond acceptors (Lipinski definition) is 3. The summed E-state index contributed by atoms with van der Waals surface area (Å²) < 4.78 is 243. The Balaban J connectivity index is 0. The highest BCUT2D eigenvalue weighted by molar-refractivity contribution is 7.90. The summed E-state index contributed by atoms with van der Waals surface area (Å²) >= 11 is 0. The smallest absolute Gasteiger partial charge is 0.460 e. The van der Waals surface area contributed by atoms with Gasteiger partial charge in [-0.15, -0.1) is 0 Å². The number of carbonyl (C=O) groups is 1. The number of rotatable bonds is 12. The molecule has 0 aliphatic rings. The van der Waals surface area contributed by atoms with Crippen molar-refractivity contribution < 1.29 is 93.0 Å². The molecule has 0 aliphatic heterocycles. The van der Waals surface area contributed by atoms with Gasteiger partial charge in [0.15, 0.2) is 0 Å². The normalized spacial score (nSPS) is 14.9. The highest BCUT2D eigenvalue weighted by Gasteiger charge is 2.96. The second kappa shape index (κ2) is 11.4. The minimum absolute atomic E-state index is 0.264. The lowest BCUT2D eigenvalue weighted by molar-refractivity contribution is -0.458. The topological polar surface area (TPSA) is 83.5 Å². The molecule has 0 amide bonds. The van der Waals surface area contributed by atoms with Gasteiger partial charge >= 0.3 is 52.9 Å². The van der Waals surface area contributed by atoms with Crippen LogP contribution >= 0.6 is 0 Å². The fourth-order valence-corrected chi connectivity index (χ4v) is 2.92. The van der Waals surface area contributed by atoms with E-state index in [1.807, 2.05) is 0 Å². The van der Waals surface area contributed by atoms with Crippen LogP contribution in [0.15, 0.2) is 12.2 Å². The summed E-state index contributed by atoms with van der Waals surface area (Å²) in [7, 11) is -7.16. The molecular formula is C16H16F17NO4S. The van der Waals surface area contributed by atoms with E-state index in [1.54, 1.807) is 6.92 Å². The van der Waals surface area contributed by atoms with Crippen LogP contribution < -0.4 is 4.72 Å². The van der Waals surface area contributed by atoms with Gasteiger partial charge in [-0.25, -0.2) is 17.9 Å². The second-order valence-corrected chi connectivity index (χ2v) is 8.93. The van der Waals surface area contributed by atoms with Crippen LogP contribution in [-0.2, 0) is 14.8 Å². The molecule has 0 rings (SSSR count). The van der Waals surface area contributed by atoms with Crippen LogP contribution in [0, 0.1) is 0 Å². The Morgan fingerprint density at radius 2 is 0.974 bits per heavy atom. The van der Waals surface area contributed by atoms with E-state index in [4.69, 9.17) is 5.11 Å². The van der Waals surface area contributed by atoms with E-state index in [9.17, 15) is 87.8 Å². The summed E-state index contributed by atoms with van der Waals surface area (Å²) in [5.74, 6) is -52.4. The first-order valence-electron chi connectivity index (χ1n) is 9.36. The van der Waals surface area contributed by atoms with Crippen molar-refractivity contribution in [1.29, 1.82) is 0 Å². The lowest BCUT2D eigenvalue weighted by Gasteiger charge is -2.42. The van der Waals surface area contributed by atoms with Gasteiger partial charge in [0, 0.05) is 12.1 Å². The minimum Gasteiger partial charge on any atom is -0.478 e. The first-order valence-corrected chi connectivity index (χ1v) is 10.8. The van der Waals surface area contributed by atoms with Crippen LogP contribution in [0.1, 0.15) is 26.7 Å². The average Bonchev–Trinajstić information content (AvgIpc) is 2.75. The molecule has 0 radical (unpaired) electrons. The van der Waals surface area contributed by atoms with Crippen molar-refractivity contribution in [2.75, 3.05) is 6.54 Å². The number of halogens is 17. The van der Waals surface area contributed by atoms with Crippen LogP contribution in [0.25, 0.3) is 0 Å². The molecule has 0 bridgehead atoms. The van der Waals surface area contributed by atoms with Gasteiger partial charge in [0.2, 0.25) is 0 Å². The Labute approximate surface area is 207 Å². The predicted molar refractivity (Wildman–Crippen MR) is 95.0 cm³/mol. The van der Waals surface area contributed by atoms with Crippen LogP contribution in [0.5, 0.6) is 0 Å². The maximum absolute atomic E-state index is 13.5. The molecule has 2 N–H and O–H groups in total. The monoisotopic (exact) mass is 641 g/mol. The summed E-state index contributed by atoms with van der Waals surface area (Å²) in [5, 5.41) is 0.582. The lowest BCUT2D eigenvalue weighted by Crippen LogP contribution is -2.75. The number of alkyl halides is 17. The minimum atomic E-state index is -8.81. The number of hydrogen-bond donors (Lipinski definition) is 2. The SMILES string of the molecule is C=C(CC)C(=O)O.CCCNS(=O)(=O)C(F)(F)C(F)(F)C(F)(F)C(F)(F)C(F)(F)C(F)(F)C(F)(F)C(F)(F)F. The Morgan fingerprint density at radius 3 is 1.21 bits per heavy atom. The number of sulfonamides is 1. The molecule has 234 valence electrons. The molecular weight excluding hydrogens is 625 g/mol. The quantitative estimate of drug-likeness (QED) is 0.193. The zero-order valence-corrected chi connectivity index (χ0v) is 19.7. The van der Waals surface area contributed by atoms with E-state index in [-0.39, 0.29) is 5.57 Å². The van der Waals surface area contributed by atoms with Gasteiger partial charge in [0.05, 0.1) is 0 Å². The summed E-state index contributed by atoms with van der Waals surface area (Å²) in [6.07, 6.45) is -7.87. The summed E-state index contributed by atoms with van der Waals surface area (Å²) in [6, 6.07) is 0. The van der Waals surface area contributed by atoms with E-state index >= 15 is 0 Å². The van der Waals surface area contributed by atoms with Gasteiger partial charge in [-0.1, -0.05) is 20.4 Å². The first kappa shape index (κ1) is 39.1. The van der Waals surface area contributed by atoms with Crippen molar-refractivity contribution in [3.05, 3.63) is 12.2 Å². The maximum atomic E-state index is 13.5. The fraction of sp³-hybridized carbons (Fsp3) is 0.812. The zero-order chi connectivity index (χ0) is 32.5. The van der Waals surface area contributed by atoms with Crippen LogP contribution in [-0.4, -0.2) is 73.0 Å². The van der Waals surface area contributed by atoms with Crippen molar-refractivity contribution >= 4 is 16.0 Å². The van der Waals surface area contributed by atoms with Crippen molar-refractivity contribution in [2.45, 2.75) is 73.7 Å². The van der Waals surface area contributed by atoms with Crippen molar-refractivity contribution in [1.82, 2.24) is 4.72 Å². The van der Waals surface area contributed by atoms with Crippen LogP contribution in [0.3, 0.4) is 0 Å². The standard InChI is InChI=1S/C11H8F17NO2S.C5H8O2/c1-2-3-29-32(30,31)11(27,28)9(22,23)7(18,19)5(14,15)4(12,13)6(16,17)8(20,21)10(24,25)26;1-3-4(2)5(6)7/h29H,2-3H2,1H3;2-3H2,1H3,(H,6,7). The molecule has 0 aliphatic carbocycles. The Bertz CT molecular complexity index is 989. The van der Waals surface area contributed by atoms with Gasteiger partial charge in [-0.3, -0.25) is 0 Å². The molecule has 0 atom stereocenters. The van der Waals surface area contributed by atoms with Gasteiger partial charge in [0.1, 0.15) is 0 Å². The number of carboxylic acids is 1. The molecule has 0 saturated heterocycles. The third-order valence-corrected chi connectivity index (χ3v) is 5.82. The first-order chi connectivity index (χ1) is 16.7. The molecule has 0 saturated carbocycles. The Kier molecular flexibility index (Phi) is 11.5. The number of nitrogens with one attached hydrogen (secondary N) is 1. The molecule has 0 heterocycles. The van der Waals surface area contributed by atoms with Crippen molar-refractivity contribution in [2.24, 2.45) is 0 Å².